The fraction of sp³-hybridized carbons (Fsp3) is 0.286. The molecule has 1 nitrogen and oxygen atoms in total. The van der Waals surface area contributed by atoms with Gasteiger partial charge >= 0.3 is 0 Å². The minimum atomic E-state index is 0.479. The highest BCUT2D eigenvalue weighted by molar-refractivity contribution is 7.09. The molecular formula is C14H16ClNS. The summed E-state index contributed by atoms with van der Waals surface area (Å²) >= 11 is 7.76. The first-order valence-corrected chi connectivity index (χ1v) is 7.00. The van der Waals surface area contributed by atoms with Gasteiger partial charge in [0.05, 0.1) is 0 Å². The molecule has 0 aliphatic carbocycles. The lowest BCUT2D eigenvalue weighted by Gasteiger charge is -2.12. The van der Waals surface area contributed by atoms with Gasteiger partial charge in [-0.15, -0.1) is 11.3 Å². The number of nitrogens with one attached hydrogen (secondary N) is 1. The largest absolute Gasteiger partial charge is 0.310 e. The molecule has 0 fully saturated rings. The molecular weight excluding hydrogens is 250 g/mol. The van der Waals surface area contributed by atoms with Crippen LogP contribution in [0.5, 0.6) is 0 Å². The number of thiophene rings is 1. The van der Waals surface area contributed by atoms with Gasteiger partial charge in [0.15, 0.2) is 0 Å². The van der Waals surface area contributed by atoms with Gasteiger partial charge in [-0.2, -0.15) is 0 Å². The molecule has 3 heteroatoms. The minimum Gasteiger partial charge on any atom is -0.310 e. The maximum absolute atomic E-state index is 5.95. The molecule has 17 heavy (non-hydrogen) atoms. The first-order valence-electron chi connectivity index (χ1n) is 5.74. The lowest BCUT2D eigenvalue weighted by atomic mass is 10.2. The van der Waals surface area contributed by atoms with E-state index in [1.807, 2.05) is 29.5 Å². The van der Waals surface area contributed by atoms with Gasteiger partial charge in [-0.25, -0.2) is 0 Å². The van der Waals surface area contributed by atoms with Gasteiger partial charge < -0.3 is 5.32 Å². The zero-order valence-corrected chi connectivity index (χ0v) is 11.4. The summed E-state index contributed by atoms with van der Waals surface area (Å²) in [5, 5.41) is 6.44. The lowest BCUT2D eigenvalue weighted by molar-refractivity contribution is 0.548. The second kappa shape index (κ2) is 6.20. The van der Waals surface area contributed by atoms with Crippen LogP contribution < -0.4 is 5.32 Å². The summed E-state index contributed by atoms with van der Waals surface area (Å²) in [6, 6.07) is 12.8. The van der Waals surface area contributed by atoms with Crippen molar-refractivity contribution in [3.05, 3.63) is 57.2 Å². The smallest absolute Gasteiger partial charge is 0.0409 e. The Morgan fingerprint density at radius 3 is 2.88 bits per heavy atom. The van der Waals surface area contributed by atoms with E-state index in [2.05, 4.69) is 35.8 Å². The van der Waals surface area contributed by atoms with Gasteiger partial charge in [0.25, 0.3) is 0 Å². The predicted molar refractivity (Wildman–Crippen MR) is 75.8 cm³/mol. The summed E-state index contributed by atoms with van der Waals surface area (Å²) in [5.41, 5.74) is 1.23. The van der Waals surface area contributed by atoms with Crippen molar-refractivity contribution in [3.63, 3.8) is 0 Å². The van der Waals surface area contributed by atoms with Crippen molar-refractivity contribution < 1.29 is 0 Å². The van der Waals surface area contributed by atoms with Gasteiger partial charge in [-0.05, 0) is 42.5 Å². The summed E-state index contributed by atoms with van der Waals surface area (Å²) in [6.07, 6.45) is 1.08. The van der Waals surface area contributed by atoms with Crippen molar-refractivity contribution in [1.29, 1.82) is 0 Å². The molecule has 1 aromatic carbocycles. The van der Waals surface area contributed by atoms with Crippen LogP contribution in [0.4, 0.5) is 0 Å². The highest BCUT2D eigenvalue weighted by Crippen LogP contribution is 2.13. The minimum absolute atomic E-state index is 0.479. The summed E-state index contributed by atoms with van der Waals surface area (Å²) in [4.78, 5) is 1.43. The number of rotatable bonds is 5. The van der Waals surface area contributed by atoms with E-state index in [0.717, 1.165) is 18.0 Å². The van der Waals surface area contributed by atoms with Crippen LogP contribution in [0.3, 0.4) is 0 Å². The van der Waals surface area contributed by atoms with Crippen molar-refractivity contribution >= 4 is 22.9 Å². The van der Waals surface area contributed by atoms with Gasteiger partial charge in [-0.1, -0.05) is 29.8 Å². The van der Waals surface area contributed by atoms with Gasteiger partial charge in [0.1, 0.15) is 0 Å². The van der Waals surface area contributed by atoms with E-state index in [0.29, 0.717) is 6.04 Å². The molecule has 1 atom stereocenters. The standard InChI is InChI=1S/C14H16ClNS/c1-11(8-14-6-3-7-17-14)16-10-12-4-2-5-13(15)9-12/h2-7,9,11,16H,8,10H2,1H3. The first kappa shape index (κ1) is 12.6. The Morgan fingerprint density at radius 2 is 2.18 bits per heavy atom. The molecule has 1 aromatic heterocycles. The molecule has 1 heterocycles. The van der Waals surface area contributed by atoms with Crippen LogP contribution in [-0.4, -0.2) is 6.04 Å². The molecule has 0 spiro atoms. The molecule has 0 aliphatic heterocycles. The van der Waals surface area contributed by atoms with E-state index in [4.69, 9.17) is 11.6 Å². The first-order chi connectivity index (χ1) is 8.24. The fourth-order valence-corrected chi connectivity index (χ4v) is 2.79. The molecule has 1 unspecified atom stereocenters. The van der Waals surface area contributed by atoms with Gasteiger partial charge in [0.2, 0.25) is 0 Å². The van der Waals surface area contributed by atoms with Crippen molar-refractivity contribution in [3.8, 4) is 0 Å². The van der Waals surface area contributed by atoms with Gasteiger partial charge in [0, 0.05) is 22.5 Å². The SMILES string of the molecule is CC(Cc1cccs1)NCc1cccc(Cl)c1. The van der Waals surface area contributed by atoms with E-state index < -0.39 is 0 Å². The summed E-state index contributed by atoms with van der Waals surface area (Å²) < 4.78 is 0. The Morgan fingerprint density at radius 1 is 1.29 bits per heavy atom. The third-order valence-electron chi connectivity index (χ3n) is 2.63. The van der Waals surface area contributed by atoms with Crippen molar-refractivity contribution in [1.82, 2.24) is 5.32 Å². The molecule has 90 valence electrons. The van der Waals surface area contributed by atoms with E-state index in [-0.39, 0.29) is 0 Å². The number of hydrogen-bond donors (Lipinski definition) is 1. The number of hydrogen-bond acceptors (Lipinski definition) is 2. The predicted octanol–water partition coefficient (Wildman–Crippen LogP) is 4.12. The van der Waals surface area contributed by atoms with Crippen LogP contribution in [-0.2, 0) is 13.0 Å². The van der Waals surface area contributed by atoms with Crippen molar-refractivity contribution in [2.24, 2.45) is 0 Å². The van der Waals surface area contributed by atoms with E-state index in [1.54, 1.807) is 0 Å². The third-order valence-corrected chi connectivity index (χ3v) is 3.76. The van der Waals surface area contributed by atoms with Crippen LogP contribution in [0.2, 0.25) is 5.02 Å². The quantitative estimate of drug-likeness (QED) is 0.857. The maximum Gasteiger partial charge on any atom is 0.0409 e. The van der Waals surface area contributed by atoms with Crippen LogP contribution in [0.25, 0.3) is 0 Å². The Labute approximate surface area is 111 Å². The molecule has 0 aliphatic rings. The van der Waals surface area contributed by atoms with Crippen LogP contribution in [0.15, 0.2) is 41.8 Å². The summed E-state index contributed by atoms with van der Waals surface area (Å²) in [6.45, 7) is 3.08. The summed E-state index contributed by atoms with van der Waals surface area (Å²) in [5.74, 6) is 0. The monoisotopic (exact) mass is 265 g/mol. The second-order valence-corrected chi connectivity index (χ2v) is 5.66. The maximum atomic E-state index is 5.95. The molecule has 2 aromatic rings. The second-order valence-electron chi connectivity index (χ2n) is 4.20. The highest BCUT2D eigenvalue weighted by atomic mass is 35.5. The molecule has 0 radical (unpaired) electrons. The Kier molecular flexibility index (Phi) is 4.60. The zero-order valence-electron chi connectivity index (χ0n) is 9.82. The topological polar surface area (TPSA) is 12.0 Å². The fourth-order valence-electron chi connectivity index (χ4n) is 1.74. The van der Waals surface area contributed by atoms with Crippen molar-refractivity contribution in [2.45, 2.75) is 25.9 Å². The molecule has 0 bridgehead atoms. The summed E-state index contributed by atoms with van der Waals surface area (Å²) in [7, 11) is 0. The van der Waals surface area contributed by atoms with Crippen LogP contribution >= 0.6 is 22.9 Å². The van der Waals surface area contributed by atoms with Crippen LogP contribution in [0.1, 0.15) is 17.4 Å². The average Bonchev–Trinajstić information content (AvgIpc) is 2.79. The highest BCUT2D eigenvalue weighted by Gasteiger charge is 2.04. The molecule has 0 amide bonds. The Hall–Kier alpha value is -0.830. The van der Waals surface area contributed by atoms with E-state index in [9.17, 15) is 0 Å². The van der Waals surface area contributed by atoms with Crippen molar-refractivity contribution in [2.75, 3.05) is 0 Å². The lowest BCUT2D eigenvalue weighted by Crippen LogP contribution is -2.27. The Bertz CT molecular complexity index is 453. The normalized spacial score (nSPS) is 12.6. The molecule has 2 rings (SSSR count). The molecule has 1 N–H and O–H groups in total. The third kappa shape index (κ3) is 4.15. The number of halogens is 1. The van der Waals surface area contributed by atoms with Crippen LogP contribution in [0, 0.1) is 0 Å². The van der Waals surface area contributed by atoms with Gasteiger partial charge in [-0.3, -0.25) is 0 Å². The van der Waals surface area contributed by atoms with E-state index in [1.165, 1.54) is 10.4 Å². The molecule has 0 saturated heterocycles. The Balaban J connectivity index is 1.82. The number of benzene rings is 1. The molecule has 0 saturated carbocycles. The van der Waals surface area contributed by atoms with E-state index >= 15 is 0 Å². The zero-order chi connectivity index (χ0) is 12.1. The average molecular weight is 266 g/mol.